The normalized spacial score (nSPS) is 12.2. The number of nitrogens with zero attached hydrogens (tertiary/aromatic N) is 3. The summed E-state index contributed by atoms with van der Waals surface area (Å²) in [7, 11) is 0. The Labute approximate surface area is 126 Å². The van der Waals surface area contributed by atoms with Crippen molar-refractivity contribution in [2.45, 2.75) is 52.0 Å². The van der Waals surface area contributed by atoms with Crippen molar-refractivity contribution >= 4 is 11.6 Å². The maximum absolute atomic E-state index is 5.98. The van der Waals surface area contributed by atoms with Gasteiger partial charge in [-0.15, -0.1) is 21.8 Å². The van der Waals surface area contributed by atoms with Gasteiger partial charge in [-0.25, -0.2) is 0 Å². The zero-order valence-corrected chi connectivity index (χ0v) is 13.6. The van der Waals surface area contributed by atoms with Crippen LogP contribution in [0.1, 0.15) is 52.0 Å². The first kappa shape index (κ1) is 15.0. The minimum absolute atomic E-state index is 0.0610. The number of rotatable bonds is 3. The lowest BCUT2D eigenvalue weighted by Gasteiger charge is -2.23. The lowest BCUT2D eigenvalue weighted by Crippen LogP contribution is -2.15. The van der Waals surface area contributed by atoms with Gasteiger partial charge in [0.05, 0.1) is 5.88 Å². The molecule has 0 atom stereocenters. The summed E-state index contributed by atoms with van der Waals surface area (Å²) in [4.78, 5) is 0. The third-order valence-corrected chi connectivity index (χ3v) is 3.62. The van der Waals surface area contributed by atoms with Crippen molar-refractivity contribution in [3.63, 3.8) is 0 Å². The number of halogens is 1. The van der Waals surface area contributed by atoms with Crippen molar-refractivity contribution in [3.05, 3.63) is 35.7 Å². The van der Waals surface area contributed by atoms with Crippen molar-refractivity contribution in [1.82, 2.24) is 14.8 Å². The molecule has 108 valence electrons. The van der Waals surface area contributed by atoms with E-state index in [1.54, 1.807) is 0 Å². The number of alkyl halides is 1. The molecule has 3 nitrogen and oxygen atoms in total. The molecule has 1 aromatic carbocycles. The second-order valence-corrected chi connectivity index (χ2v) is 6.60. The van der Waals surface area contributed by atoms with Crippen molar-refractivity contribution in [2.24, 2.45) is 0 Å². The van der Waals surface area contributed by atoms with Gasteiger partial charge in [0.2, 0.25) is 0 Å². The molecule has 4 heteroatoms. The summed E-state index contributed by atoms with van der Waals surface area (Å²) in [6.45, 7) is 10.9. The topological polar surface area (TPSA) is 30.7 Å². The molecule has 0 spiro atoms. The number of hydrogen-bond acceptors (Lipinski definition) is 2. The minimum Gasteiger partial charge on any atom is -0.307 e. The molecule has 0 N–H and O–H groups in total. The molecule has 1 heterocycles. The summed E-state index contributed by atoms with van der Waals surface area (Å²) < 4.78 is 2.12. The molecular weight excluding hydrogens is 270 g/mol. The Balaban J connectivity index is 2.67. The van der Waals surface area contributed by atoms with Crippen molar-refractivity contribution in [3.8, 4) is 11.4 Å². The summed E-state index contributed by atoms with van der Waals surface area (Å²) in [5, 5.41) is 8.62. The predicted molar refractivity (Wildman–Crippen MR) is 84.1 cm³/mol. The Morgan fingerprint density at radius 3 is 2.35 bits per heavy atom. The molecule has 0 aliphatic heterocycles. The molecule has 0 saturated heterocycles. The zero-order valence-electron chi connectivity index (χ0n) is 12.8. The maximum atomic E-state index is 5.98. The number of hydrogen-bond donors (Lipinski definition) is 0. The van der Waals surface area contributed by atoms with E-state index in [0.29, 0.717) is 5.88 Å². The lowest BCUT2D eigenvalue weighted by atomic mass is 9.83. The van der Waals surface area contributed by atoms with Gasteiger partial charge in [-0.1, -0.05) is 45.0 Å². The van der Waals surface area contributed by atoms with Gasteiger partial charge in [-0.05, 0) is 24.8 Å². The van der Waals surface area contributed by atoms with Crippen LogP contribution in [-0.4, -0.2) is 14.8 Å². The highest BCUT2D eigenvalue weighted by molar-refractivity contribution is 6.16. The summed E-state index contributed by atoms with van der Waals surface area (Å²) in [6.07, 6.45) is 0. The summed E-state index contributed by atoms with van der Waals surface area (Å²) in [5.41, 5.74) is 2.47. The van der Waals surface area contributed by atoms with Crippen LogP contribution in [0.25, 0.3) is 11.4 Å². The Bertz CT molecular complexity index is 594. The van der Waals surface area contributed by atoms with E-state index in [2.05, 4.69) is 67.6 Å². The van der Waals surface area contributed by atoms with E-state index in [1.807, 2.05) is 6.07 Å². The van der Waals surface area contributed by atoms with Crippen molar-refractivity contribution in [1.29, 1.82) is 0 Å². The second kappa shape index (κ2) is 5.57. The van der Waals surface area contributed by atoms with E-state index in [1.165, 1.54) is 5.56 Å². The van der Waals surface area contributed by atoms with Crippen LogP contribution in [0, 0.1) is 0 Å². The average Bonchev–Trinajstić information content (AvgIpc) is 2.81. The Morgan fingerprint density at radius 2 is 1.80 bits per heavy atom. The predicted octanol–water partition coefficient (Wildman–Crippen LogP) is 4.56. The maximum Gasteiger partial charge on any atom is 0.164 e. The summed E-state index contributed by atoms with van der Waals surface area (Å²) in [5.74, 6) is 2.10. The molecule has 0 aliphatic carbocycles. The average molecular weight is 292 g/mol. The zero-order chi connectivity index (χ0) is 14.9. The largest absolute Gasteiger partial charge is 0.307 e. The minimum atomic E-state index is 0.0610. The highest BCUT2D eigenvalue weighted by Crippen LogP contribution is 2.33. The molecule has 2 rings (SSSR count). The molecule has 0 unspecified atom stereocenters. The fourth-order valence-electron chi connectivity index (χ4n) is 2.47. The van der Waals surface area contributed by atoms with Crippen LogP contribution in [0.4, 0.5) is 0 Å². The molecule has 0 bridgehead atoms. The van der Waals surface area contributed by atoms with Gasteiger partial charge in [0.25, 0.3) is 0 Å². The molecule has 0 aliphatic rings. The van der Waals surface area contributed by atoms with E-state index >= 15 is 0 Å². The van der Waals surface area contributed by atoms with E-state index < -0.39 is 0 Å². The molecule has 1 aromatic heterocycles. The quantitative estimate of drug-likeness (QED) is 0.776. The van der Waals surface area contributed by atoms with Gasteiger partial charge in [0.15, 0.2) is 5.82 Å². The van der Waals surface area contributed by atoms with Gasteiger partial charge in [-0.2, -0.15) is 0 Å². The first-order valence-corrected chi connectivity index (χ1v) is 7.49. The Hall–Kier alpha value is -1.35. The molecular formula is C16H22ClN3. The van der Waals surface area contributed by atoms with Gasteiger partial charge in [0, 0.05) is 11.6 Å². The SMILES string of the molecule is CC(C)n1c(CCl)nnc1-c1ccccc1C(C)(C)C. The highest BCUT2D eigenvalue weighted by atomic mass is 35.5. The van der Waals surface area contributed by atoms with Crippen LogP contribution in [0.3, 0.4) is 0 Å². The van der Waals surface area contributed by atoms with Gasteiger partial charge in [-0.3, -0.25) is 0 Å². The van der Waals surface area contributed by atoms with Crippen LogP contribution in [-0.2, 0) is 11.3 Å². The number of aromatic nitrogens is 3. The first-order valence-electron chi connectivity index (χ1n) is 6.96. The molecule has 2 aromatic rings. The van der Waals surface area contributed by atoms with Crippen LogP contribution < -0.4 is 0 Å². The van der Waals surface area contributed by atoms with Crippen LogP contribution >= 0.6 is 11.6 Å². The number of benzene rings is 1. The molecule has 0 saturated carbocycles. The monoisotopic (exact) mass is 291 g/mol. The van der Waals surface area contributed by atoms with Crippen LogP contribution in [0.5, 0.6) is 0 Å². The summed E-state index contributed by atoms with van der Waals surface area (Å²) >= 11 is 5.98. The third-order valence-electron chi connectivity index (χ3n) is 3.38. The fourth-order valence-corrected chi connectivity index (χ4v) is 2.66. The molecule has 0 fully saturated rings. The van der Waals surface area contributed by atoms with Crippen LogP contribution in [0.2, 0.25) is 0 Å². The highest BCUT2D eigenvalue weighted by Gasteiger charge is 2.23. The van der Waals surface area contributed by atoms with Crippen molar-refractivity contribution in [2.75, 3.05) is 0 Å². The first-order chi connectivity index (χ1) is 9.36. The smallest absolute Gasteiger partial charge is 0.164 e. The van der Waals surface area contributed by atoms with Crippen molar-refractivity contribution < 1.29 is 0 Å². The molecule has 20 heavy (non-hydrogen) atoms. The third kappa shape index (κ3) is 2.73. The Morgan fingerprint density at radius 1 is 1.15 bits per heavy atom. The summed E-state index contributed by atoms with van der Waals surface area (Å²) in [6, 6.07) is 8.67. The van der Waals surface area contributed by atoms with Gasteiger partial charge >= 0.3 is 0 Å². The standard InChI is InChI=1S/C16H22ClN3/c1-11(2)20-14(10-17)18-19-15(20)12-8-6-7-9-13(12)16(3,4)5/h6-9,11H,10H2,1-5H3. The van der Waals surface area contributed by atoms with E-state index in [4.69, 9.17) is 11.6 Å². The molecule has 0 radical (unpaired) electrons. The van der Waals surface area contributed by atoms with Crippen LogP contribution in [0.15, 0.2) is 24.3 Å². The molecule has 0 amide bonds. The second-order valence-electron chi connectivity index (χ2n) is 6.33. The van der Waals surface area contributed by atoms with Gasteiger partial charge < -0.3 is 4.57 Å². The van der Waals surface area contributed by atoms with E-state index in [9.17, 15) is 0 Å². The van der Waals surface area contributed by atoms with E-state index in [-0.39, 0.29) is 11.5 Å². The Kier molecular flexibility index (Phi) is 4.19. The lowest BCUT2D eigenvalue weighted by molar-refractivity contribution is 0.575. The van der Waals surface area contributed by atoms with Gasteiger partial charge in [0.1, 0.15) is 5.82 Å². The van der Waals surface area contributed by atoms with E-state index in [0.717, 1.165) is 17.2 Å². The fraction of sp³-hybridized carbons (Fsp3) is 0.500.